The number of thioether (sulfide) groups is 1. The summed E-state index contributed by atoms with van der Waals surface area (Å²) in [7, 11) is 1.30. The van der Waals surface area contributed by atoms with E-state index < -0.39 is 16.9 Å². The second-order valence-corrected chi connectivity index (χ2v) is 8.30. The largest absolute Gasteiger partial charge is 0.466 e. The molecule has 1 aliphatic heterocycles. The van der Waals surface area contributed by atoms with E-state index in [1.807, 2.05) is 24.3 Å². The molecule has 0 saturated carbocycles. The van der Waals surface area contributed by atoms with E-state index in [0.717, 1.165) is 5.56 Å². The Kier molecular flexibility index (Phi) is 6.15. The number of carbonyl (C=O) groups excluding carboxylic acids is 1. The van der Waals surface area contributed by atoms with Crippen molar-refractivity contribution in [1.82, 2.24) is 14.8 Å². The van der Waals surface area contributed by atoms with Crippen LogP contribution in [0, 0.1) is 10.1 Å². The molecule has 1 N–H and O–H groups in total. The van der Waals surface area contributed by atoms with Crippen LogP contribution >= 0.6 is 23.4 Å². The molecule has 0 amide bonds. The minimum Gasteiger partial charge on any atom is -0.466 e. The van der Waals surface area contributed by atoms with E-state index in [-0.39, 0.29) is 5.69 Å². The lowest BCUT2D eigenvalue weighted by molar-refractivity contribution is -0.384. The second kappa shape index (κ2) is 9.01. The number of fused-ring (bicyclic) bond motifs is 1. The monoisotopic (exact) mass is 471 g/mol. The van der Waals surface area contributed by atoms with Crippen LogP contribution in [-0.2, 0) is 15.3 Å². The zero-order valence-corrected chi connectivity index (χ0v) is 18.7. The number of aromatic nitrogens is 3. The van der Waals surface area contributed by atoms with Crippen molar-refractivity contribution in [3.63, 3.8) is 0 Å². The quantitative estimate of drug-likeness (QED) is 0.240. The van der Waals surface area contributed by atoms with E-state index in [2.05, 4.69) is 15.4 Å². The summed E-state index contributed by atoms with van der Waals surface area (Å²) in [6, 6.07) is 12.9. The number of benzene rings is 2. The number of nitro groups is 1. The topological polar surface area (TPSA) is 112 Å². The number of anilines is 1. The minimum atomic E-state index is -0.651. The second-order valence-electron chi connectivity index (χ2n) is 6.95. The van der Waals surface area contributed by atoms with Gasteiger partial charge < -0.3 is 10.1 Å². The zero-order valence-electron chi connectivity index (χ0n) is 17.1. The lowest BCUT2D eigenvalue weighted by Gasteiger charge is -2.27. The van der Waals surface area contributed by atoms with Gasteiger partial charge in [0.05, 0.1) is 17.6 Å². The molecule has 11 heteroatoms. The van der Waals surface area contributed by atoms with Gasteiger partial charge in [-0.05, 0) is 36.2 Å². The molecule has 1 atom stereocenters. The Morgan fingerprint density at radius 2 is 2.00 bits per heavy atom. The third-order valence-electron chi connectivity index (χ3n) is 4.97. The number of halogens is 1. The number of esters is 1. The van der Waals surface area contributed by atoms with Crippen molar-refractivity contribution >= 4 is 41.0 Å². The van der Waals surface area contributed by atoms with E-state index in [1.54, 1.807) is 23.7 Å². The molecule has 0 radical (unpaired) electrons. The fourth-order valence-corrected chi connectivity index (χ4v) is 4.53. The third kappa shape index (κ3) is 4.19. The molecule has 0 spiro atoms. The average molecular weight is 472 g/mol. The van der Waals surface area contributed by atoms with Crippen LogP contribution in [-0.4, -0.2) is 32.8 Å². The summed E-state index contributed by atoms with van der Waals surface area (Å²) in [5, 5.41) is 19.9. The Labute approximate surface area is 192 Å². The maximum absolute atomic E-state index is 12.6. The van der Waals surface area contributed by atoms with Crippen molar-refractivity contribution in [2.75, 3.05) is 12.4 Å². The van der Waals surface area contributed by atoms with Gasteiger partial charge in [-0.25, -0.2) is 9.48 Å². The van der Waals surface area contributed by atoms with Gasteiger partial charge in [-0.1, -0.05) is 41.6 Å². The summed E-state index contributed by atoms with van der Waals surface area (Å²) in [5.74, 6) is 0.506. The van der Waals surface area contributed by atoms with E-state index >= 15 is 0 Å². The first-order valence-electron chi connectivity index (χ1n) is 9.52. The van der Waals surface area contributed by atoms with Gasteiger partial charge in [-0.15, -0.1) is 5.10 Å². The number of ether oxygens (including phenoxy) is 1. The standard InChI is InChI=1S/C21H18ClN5O4S/c1-12-17(19(28)31-2)18(13-7-9-15(10-8-13)27(29)30)26-20(23-12)24-21(25-26)32-11-14-5-3-4-6-16(14)22/h3-10,18H,11H2,1-2H3,(H,23,24,25). The molecule has 1 aliphatic rings. The van der Waals surface area contributed by atoms with Gasteiger partial charge in [0.1, 0.15) is 6.04 Å². The highest BCUT2D eigenvalue weighted by atomic mass is 35.5. The number of non-ortho nitro benzene ring substituents is 1. The predicted octanol–water partition coefficient (Wildman–Crippen LogP) is 4.59. The molecular formula is C21H18ClN5O4S. The summed E-state index contributed by atoms with van der Waals surface area (Å²) < 4.78 is 6.58. The Bertz CT molecular complexity index is 1230. The van der Waals surface area contributed by atoms with Gasteiger partial charge in [0.2, 0.25) is 11.1 Å². The molecule has 32 heavy (non-hydrogen) atoms. The highest BCUT2D eigenvalue weighted by Crippen LogP contribution is 2.37. The molecule has 1 unspecified atom stereocenters. The van der Waals surface area contributed by atoms with Crippen molar-refractivity contribution in [3.05, 3.63) is 86.1 Å². The molecule has 2 aromatic carbocycles. The summed E-state index contributed by atoms with van der Waals surface area (Å²) in [5.41, 5.74) is 2.48. The van der Waals surface area contributed by atoms with Gasteiger partial charge in [0.25, 0.3) is 5.69 Å². The highest BCUT2D eigenvalue weighted by Gasteiger charge is 2.35. The third-order valence-corrected chi connectivity index (χ3v) is 6.23. The van der Waals surface area contributed by atoms with Gasteiger partial charge in [-0.3, -0.25) is 10.1 Å². The smallest absolute Gasteiger partial charge is 0.338 e. The molecule has 0 fully saturated rings. The van der Waals surface area contributed by atoms with Crippen LogP contribution in [0.1, 0.15) is 24.1 Å². The number of hydrogen-bond acceptors (Lipinski definition) is 8. The summed E-state index contributed by atoms with van der Waals surface area (Å²) >= 11 is 7.65. The first-order valence-corrected chi connectivity index (χ1v) is 10.9. The Morgan fingerprint density at radius 1 is 1.28 bits per heavy atom. The molecule has 4 rings (SSSR count). The first-order chi connectivity index (χ1) is 15.4. The maximum Gasteiger partial charge on any atom is 0.338 e. The fraction of sp³-hybridized carbons (Fsp3) is 0.190. The number of nitrogens with one attached hydrogen (secondary N) is 1. The summed E-state index contributed by atoms with van der Waals surface area (Å²) in [6.45, 7) is 1.75. The van der Waals surface area contributed by atoms with Crippen molar-refractivity contribution < 1.29 is 14.5 Å². The molecule has 0 saturated heterocycles. The molecule has 0 aliphatic carbocycles. The zero-order chi connectivity index (χ0) is 22.8. The fourth-order valence-electron chi connectivity index (χ4n) is 3.41. The van der Waals surface area contributed by atoms with Crippen LogP contribution in [0.4, 0.5) is 11.6 Å². The maximum atomic E-state index is 12.6. The number of rotatable bonds is 6. The Balaban J connectivity index is 1.71. The molecular weight excluding hydrogens is 454 g/mol. The Hall–Kier alpha value is -3.37. The van der Waals surface area contributed by atoms with Crippen LogP contribution < -0.4 is 5.32 Å². The van der Waals surface area contributed by atoms with Gasteiger partial charge in [-0.2, -0.15) is 4.98 Å². The Morgan fingerprint density at radius 3 is 2.66 bits per heavy atom. The molecule has 1 aromatic heterocycles. The van der Waals surface area contributed by atoms with E-state index in [0.29, 0.717) is 38.7 Å². The lowest BCUT2D eigenvalue weighted by atomic mass is 9.95. The molecule has 0 bridgehead atoms. The summed E-state index contributed by atoms with van der Waals surface area (Å²) in [4.78, 5) is 27.7. The van der Waals surface area contributed by atoms with Crippen LogP contribution in [0.15, 0.2) is 65.0 Å². The number of hydrogen-bond donors (Lipinski definition) is 1. The van der Waals surface area contributed by atoms with Crippen LogP contribution in [0.2, 0.25) is 5.02 Å². The van der Waals surface area contributed by atoms with Gasteiger partial charge >= 0.3 is 5.97 Å². The van der Waals surface area contributed by atoms with Crippen molar-refractivity contribution in [3.8, 4) is 0 Å². The number of nitro benzene ring substituents is 1. The first kappa shape index (κ1) is 21.8. The minimum absolute atomic E-state index is 0.0437. The predicted molar refractivity (Wildman–Crippen MR) is 121 cm³/mol. The van der Waals surface area contributed by atoms with E-state index in [9.17, 15) is 14.9 Å². The number of nitrogens with zero attached hydrogens (tertiary/aromatic N) is 4. The molecule has 3 aromatic rings. The van der Waals surface area contributed by atoms with E-state index in [1.165, 1.54) is 31.0 Å². The normalized spacial score (nSPS) is 15.2. The van der Waals surface area contributed by atoms with Crippen LogP contribution in [0.5, 0.6) is 0 Å². The average Bonchev–Trinajstić information content (AvgIpc) is 3.19. The van der Waals surface area contributed by atoms with Crippen LogP contribution in [0.3, 0.4) is 0 Å². The molecule has 2 heterocycles. The molecule has 164 valence electrons. The SMILES string of the molecule is COC(=O)C1=C(C)Nc2nc(SCc3ccccc3Cl)nn2C1c1ccc([N+](=O)[O-])cc1. The summed E-state index contributed by atoms with van der Waals surface area (Å²) in [6.07, 6.45) is 0. The molecule has 9 nitrogen and oxygen atoms in total. The van der Waals surface area contributed by atoms with Crippen molar-refractivity contribution in [1.29, 1.82) is 0 Å². The number of carbonyl (C=O) groups is 1. The highest BCUT2D eigenvalue weighted by molar-refractivity contribution is 7.98. The van der Waals surface area contributed by atoms with Crippen molar-refractivity contribution in [2.24, 2.45) is 0 Å². The van der Waals surface area contributed by atoms with E-state index in [4.69, 9.17) is 16.3 Å². The number of allylic oxidation sites excluding steroid dienone is 1. The van der Waals surface area contributed by atoms with Gasteiger partial charge in [0.15, 0.2) is 0 Å². The van der Waals surface area contributed by atoms with Gasteiger partial charge in [0, 0.05) is 28.6 Å². The number of methoxy groups -OCH3 is 1. The van der Waals surface area contributed by atoms with Crippen molar-refractivity contribution in [2.45, 2.75) is 23.9 Å². The lowest BCUT2D eigenvalue weighted by Crippen LogP contribution is -2.29. The van der Waals surface area contributed by atoms with Crippen LogP contribution in [0.25, 0.3) is 0 Å².